The maximum absolute atomic E-state index is 14.6. The quantitative estimate of drug-likeness (QED) is 0.111. The molecule has 0 atom stereocenters. The van der Waals surface area contributed by atoms with Gasteiger partial charge in [0.2, 0.25) is 0 Å². The Labute approximate surface area is 320 Å². The van der Waals surface area contributed by atoms with Crippen LogP contribution in [0.4, 0.5) is 0 Å². The van der Waals surface area contributed by atoms with Crippen molar-refractivity contribution >= 4 is 50.9 Å². The van der Waals surface area contributed by atoms with Crippen LogP contribution < -0.4 is 18.5 Å². The van der Waals surface area contributed by atoms with E-state index in [2.05, 4.69) is 62.4 Å². The van der Waals surface area contributed by atoms with E-state index >= 15 is 0 Å². The Balaban J connectivity index is 1.43. The Morgan fingerprint density at radius 3 is 1.25 bits per heavy atom. The molecule has 1 heterocycles. The number of phosphoric acid groups is 1. The number of phosphoric ester groups is 1. The highest BCUT2D eigenvalue weighted by molar-refractivity contribution is 7.48. The molecule has 1 N–H and O–H groups in total. The molecule has 9 rings (SSSR count). The van der Waals surface area contributed by atoms with Crippen LogP contribution in [0, 0.1) is 0 Å². The molecule has 0 unspecified atom stereocenters. The monoisotopic (exact) mass is 744 g/mol. The largest absolute Gasteiger partial charge is 0.584 e. The van der Waals surface area contributed by atoms with Crippen LogP contribution in [0.25, 0.3) is 76.5 Å². The van der Waals surface area contributed by atoms with Crippen LogP contribution in [0.5, 0.6) is 23.0 Å². The lowest BCUT2D eigenvalue weighted by Gasteiger charge is -2.21. The number of hydrogen-bond donors (Lipinski definition) is 1. The molecule has 6 nitrogen and oxygen atoms in total. The van der Waals surface area contributed by atoms with Crippen LogP contribution in [0.2, 0.25) is 0 Å². The predicted molar refractivity (Wildman–Crippen MR) is 225 cm³/mol. The van der Waals surface area contributed by atoms with E-state index in [0.29, 0.717) is 47.0 Å². The molecule has 55 heavy (non-hydrogen) atoms. The summed E-state index contributed by atoms with van der Waals surface area (Å²) in [5, 5.41) is 7.53. The zero-order valence-corrected chi connectivity index (χ0v) is 31.8. The Morgan fingerprint density at radius 2 is 0.855 bits per heavy atom. The number of benzene rings is 8. The number of ether oxygens (including phenoxy) is 2. The highest BCUT2D eigenvalue weighted by Gasteiger charge is 2.38. The van der Waals surface area contributed by atoms with E-state index in [1.54, 1.807) is 0 Å². The summed E-state index contributed by atoms with van der Waals surface area (Å²) >= 11 is 0. The molecule has 1 aliphatic heterocycles. The second-order valence-corrected chi connectivity index (χ2v) is 15.4. The van der Waals surface area contributed by atoms with Gasteiger partial charge in [-0.25, -0.2) is 4.57 Å². The van der Waals surface area contributed by atoms with Crippen molar-refractivity contribution in [3.63, 3.8) is 0 Å². The third-order valence-electron chi connectivity index (χ3n) is 10.5. The Morgan fingerprint density at radius 1 is 0.491 bits per heavy atom. The van der Waals surface area contributed by atoms with Gasteiger partial charge in [0.05, 0.1) is 13.2 Å². The van der Waals surface area contributed by atoms with E-state index in [9.17, 15) is 9.46 Å². The number of fused-ring (bicyclic) bond motifs is 7. The topological polar surface area (TPSA) is 74.2 Å². The van der Waals surface area contributed by atoms with Gasteiger partial charge in [-0.2, -0.15) is 0 Å². The smallest absolute Gasteiger partial charge is 0.493 e. The molecule has 0 aliphatic carbocycles. The minimum Gasteiger partial charge on any atom is -0.493 e. The third kappa shape index (κ3) is 6.26. The van der Waals surface area contributed by atoms with Gasteiger partial charge in [-0.05, 0) is 80.2 Å². The molecule has 0 aromatic heterocycles. The fourth-order valence-electron chi connectivity index (χ4n) is 7.90. The molecule has 0 amide bonds. The summed E-state index contributed by atoms with van der Waals surface area (Å²) in [6, 6.07) is 44.7. The normalized spacial score (nSPS) is 13.2. The predicted octanol–water partition coefficient (Wildman–Crippen LogP) is 13.5. The van der Waals surface area contributed by atoms with Crippen LogP contribution in [0.15, 0.2) is 133 Å². The lowest BCUT2D eigenvalue weighted by Crippen LogP contribution is -2.03. The van der Waals surface area contributed by atoms with Crippen LogP contribution in [0.3, 0.4) is 0 Å². The molecule has 1 aliphatic rings. The van der Waals surface area contributed by atoms with E-state index in [-0.39, 0.29) is 11.5 Å². The minimum atomic E-state index is -4.83. The van der Waals surface area contributed by atoms with Gasteiger partial charge in [0.25, 0.3) is 0 Å². The molecular formula is C48H41O6P. The van der Waals surface area contributed by atoms with E-state index in [4.69, 9.17) is 18.5 Å². The molecule has 0 saturated heterocycles. The van der Waals surface area contributed by atoms with Gasteiger partial charge < -0.3 is 18.5 Å². The van der Waals surface area contributed by atoms with Crippen LogP contribution in [-0.2, 0) is 4.57 Å². The van der Waals surface area contributed by atoms with Gasteiger partial charge >= 0.3 is 7.82 Å². The van der Waals surface area contributed by atoms with Crippen molar-refractivity contribution in [3.05, 3.63) is 133 Å². The van der Waals surface area contributed by atoms with E-state index in [0.717, 1.165) is 79.9 Å². The first-order valence-corrected chi connectivity index (χ1v) is 20.6. The average molecular weight is 745 g/mol. The maximum atomic E-state index is 14.6. The van der Waals surface area contributed by atoms with Gasteiger partial charge in [0.15, 0.2) is 0 Å². The summed E-state index contributed by atoms with van der Waals surface area (Å²) in [4.78, 5) is 11.9. The molecule has 0 radical (unpaired) electrons. The fraction of sp³-hybridized carbons (Fsp3) is 0.167. The zero-order valence-electron chi connectivity index (χ0n) is 30.9. The minimum absolute atomic E-state index is 0.263. The van der Waals surface area contributed by atoms with Crippen LogP contribution >= 0.6 is 7.82 Å². The molecule has 8 aromatic rings. The highest BCUT2D eigenvalue weighted by atomic mass is 31.2. The molecular weight excluding hydrogens is 703 g/mol. The molecule has 8 aromatic carbocycles. The molecule has 7 heteroatoms. The summed E-state index contributed by atoms with van der Waals surface area (Å²) in [6.07, 6.45) is 3.74. The standard InChI is InChI=1S/C48H41O6P/c1-3-5-27-51-41-25-23-31-15-7-11-19-35(31)43(41)45-37-21-13-9-17-33(37)29-39-40-30-34-18-10-14-22-38(34)46(48(40)54-55(49,50)53-47(39)45)44-36-20-12-8-16-32(36)24-26-42(44)52-28-6-4-2/h7-26,29-30H,3-6,27-28H2,1-2H3,(H,49,50). The van der Waals surface area contributed by atoms with Crippen LogP contribution in [-0.4, -0.2) is 18.1 Å². The van der Waals surface area contributed by atoms with Gasteiger partial charge in [-0.15, -0.1) is 0 Å². The summed E-state index contributed by atoms with van der Waals surface area (Å²) in [5.74, 6) is 1.88. The van der Waals surface area contributed by atoms with Gasteiger partial charge in [0.1, 0.15) is 23.0 Å². The number of unbranched alkanes of at least 4 members (excludes halogenated alkanes) is 2. The fourth-order valence-corrected chi connectivity index (χ4v) is 8.78. The molecule has 274 valence electrons. The van der Waals surface area contributed by atoms with Crippen molar-refractivity contribution in [2.45, 2.75) is 39.5 Å². The van der Waals surface area contributed by atoms with Crippen molar-refractivity contribution in [2.75, 3.05) is 13.2 Å². The number of rotatable bonds is 10. The van der Waals surface area contributed by atoms with Crippen molar-refractivity contribution in [1.82, 2.24) is 0 Å². The first kappa shape index (κ1) is 34.9. The SMILES string of the molecule is CCCCOc1ccc2ccccc2c1-c1c2c(cc3ccccc13)-c1cc3ccccc3c(-c3c(OCCCC)ccc4ccccc34)c1OP(=O)(O)O2. The van der Waals surface area contributed by atoms with Gasteiger partial charge in [0, 0.05) is 33.4 Å². The van der Waals surface area contributed by atoms with E-state index in [1.807, 2.05) is 84.9 Å². The molecule has 0 fully saturated rings. The zero-order chi connectivity index (χ0) is 37.5. The van der Waals surface area contributed by atoms with E-state index < -0.39 is 7.82 Å². The van der Waals surface area contributed by atoms with Gasteiger partial charge in [-0.3, -0.25) is 4.89 Å². The second-order valence-electron chi connectivity index (χ2n) is 14.1. The first-order chi connectivity index (χ1) is 27.0. The highest BCUT2D eigenvalue weighted by Crippen LogP contribution is 2.62. The molecule has 0 bridgehead atoms. The average Bonchev–Trinajstić information content (AvgIpc) is 3.31. The number of hydrogen-bond acceptors (Lipinski definition) is 5. The first-order valence-electron chi connectivity index (χ1n) is 19.1. The molecule has 0 spiro atoms. The lowest BCUT2D eigenvalue weighted by atomic mass is 9.85. The summed E-state index contributed by atoms with van der Waals surface area (Å²) in [5.41, 5.74) is 4.23. The van der Waals surface area contributed by atoms with Crippen LogP contribution in [0.1, 0.15) is 39.5 Å². The van der Waals surface area contributed by atoms with Crippen molar-refractivity contribution in [3.8, 4) is 56.4 Å². The second kappa shape index (κ2) is 14.4. The Bertz CT molecular complexity index is 2620. The maximum Gasteiger partial charge on any atom is 0.584 e. The van der Waals surface area contributed by atoms with Crippen molar-refractivity contribution < 1.29 is 28.0 Å². The van der Waals surface area contributed by atoms with E-state index in [1.165, 1.54) is 0 Å². The summed E-state index contributed by atoms with van der Waals surface area (Å²) in [6.45, 7) is 5.33. The Hall–Kier alpha value is -5.81. The summed E-state index contributed by atoms with van der Waals surface area (Å²) < 4.78 is 40.4. The van der Waals surface area contributed by atoms with Crippen molar-refractivity contribution in [1.29, 1.82) is 0 Å². The van der Waals surface area contributed by atoms with Crippen molar-refractivity contribution in [2.24, 2.45) is 0 Å². The lowest BCUT2D eigenvalue weighted by molar-refractivity contribution is 0.294. The molecule has 0 saturated carbocycles. The Kier molecular flexibility index (Phi) is 9.17. The van der Waals surface area contributed by atoms with Gasteiger partial charge in [-0.1, -0.05) is 136 Å². The summed E-state index contributed by atoms with van der Waals surface area (Å²) in [7, 11) is -4.83. The third-order valence-corrected chi connectivity index (χ3v) is 11.3.